The number of carbonyl (C=O) groups is 3. The van der Waals surface area contributed by atoms with Gasteiger partial charge in [-0.3, -0.25) is 9.59 Å². The van der Waals surface area contributed by atoms with Crippen molar-refractivity contribution in [1.29, 1.82) is 0 Å². The molecule has 0 heterocycles. The van der Waals surface area contributed by atoms with Gasteiger partial charge in [-0.05, 0) is 37.6 Å². The number of hydrogen-bond donors (Lipinski definition) is 5. The van der Waals surface area contributed by atoms with Gasteiger partial charge in [-0.25, -0.2) is 4.79 Å². The van der Waals surface area contributed by atoms with Crippen LogP contribution in [0.25, 0.3) is 0 Å². The van der Waals surface area contributed by atoms with Gasteiger partial charge in [0, 0.05) is 0 Å². The maximum Gasteiger partial charge on any atom is 0.326 e. The maximum absolute atomic E-state index is 12.5. The Morgan fingerprint density at radius 1 is 1.00 bits per heavy atom. The molecular formula is C17H34N4O4. The van der Waals surface area contributed by atoms with Crippen LogP contribution in [0.15, 0.2) is 0 Å². The van der Waals surface area contributed by atoms with Crippen LogP contribution < -0.4 is 22.1 Å². The van der Waals surface area contributed by atoms with Gasteiger partial charge in [0.05, 0.1) is 6.04 Å². The van der Waals surface area contributed by atoms with Gasteiger partial charge in [0.2, 0.25) is 11.8 Å². The third-order valence-corrected chi connectivity index (χ3v) is 3.87. The van der Waals surface area contributed by atoms with Gasteiger partial charge in [0.15, 0.2) is 0 Å². The first-order chi connectivity index (χ1) is 11.6. The van der Waals surface area contributed by atoms with Crippen molar-refractivity contribution in [3.63, 3.8) is 0 Å². The molecule has 0 rings (SSSR count). The first-order valence-electron chi connectivity index (χ1n) is 8.89. The maximum atomic E-state index is 12.5. The minimum absolute atomic E-state index is 0.115. The molecule has 0 aromatic carbocycles. The first kappa shape index (κ1) is 23.3. The molecule has 0 saturated heterocycles. The fraction of sp³-hybridized carbons (Fsp3) is 0.824. The number of carboxylic acid groups (broad SMARTS) is 1. The first-order valence-corrected chi connectivity index (χ1v) is 8.89. The average Bonchev–Trinajstić information content (AvgIpc) is 2.50. The largest absolute Gasteiger partial charge is 0.480 e. The van der Waals surface area contributed by atoms with Crippen molar-refractivity contribution in [2.75, 3.05) is 6.54 Å². The summed E-state index contributed by atoms with van der Waals surface area (Å²) >= 11 is 0. The van der Waals surface area contributed by atoms with E-state index < -0.39 is 35.9 Å². The van der Waals surface area contributed by atoms with Crippen molar-refractivity contribution in [3.05, 3.63) is 0 Å². The molecule has 0 bridgehead atoms. The number of aliphatic carboxylic acids is 1. The van der Waals surface area contributed by atoms with E-state index in [-0.39, 0.29) is 11.8 Å². The van der Waals surface area contributed by atoms with E-state index in [0.29, 0.717) is 19.4 Å². The van der Waals surface area contributed by atoms with Crippen LogP contribution in [0, 0.1) is 11.8 Å². The fourth-order valence-electron chi connectivity index (χ4n) is 2.39. The van der Waals surface area contributed by atoms with E-state index in [2.05, 4.69) is 10.6 Å². The molecule has 3 atom stereocenters. The van der Waals surface area contributed by atoms with E-state index in [4.69, 9.17) is 11.5 Å². The monoisotopic (exact) mass is 358 g/mol. The second-order valence-corrected chi connectivity index (χ2v) is 7.15. The minimum Gasteiger partial charge on any atom is -0.480 e. The molecule has 0 aromatic rings. The molecule has 0 aliphatic carbocycles. The second-order valence-electron chi connectivity index (χ2n) is 7.15. The van der Waals surface area contributed by atoms with Gasteiger partial charge in [-0.1, -0.05) is 34.1 Å². The topological polar surface area (TPSA) is 148 Å². The number of carboxylic acids is 1. The summed E-state index contributed by atoms with van der Waals surface area (Å²) in [5, 5.41) is 14.4. The number of amides is 2. The van der Waals surface area contributed by atoms with E-state index in [1.165, 1.54) is 0 Å². The van der Waals surface area contributed by atoms with Crippen LogP contribution in [0.3, 0.4) is 0 Å². The van der Waals surface area contributed by atoms with Gasteiger partial charge >= 0.3 is 5.97 Å². The number of nitrogens with two attached hydrogens (primary N) is 2. The Hall–Kier alpha value is -1.67. The number of hydrogen-bond acceptors (Lipinski definition) is 5. The summed E-state index contributed by atoms with van der Waals surface area (Å²) in [6, 6.07) is -2.53. The molecule has 0 aromatic heterocycles. The highest BCUT2D eigenvalue weighted by atomic mass is 16.4. The van der Waals surface area contributed by atoms with Crippen LogP contribution in [-0.2, 0) is 14.4 Å². The molecule has 0 aliphatic heterocycles. The highest BCUT2D eigenvalue weighted by Gasteiger charge is 2.30. The summed E-state index contributed by atoms with van der Waals surface area (Å²) in [4.78, 5) is 36.0. The van der Waals surface area contributed by atoms with Crippen molar-refractivity contribution in [2.24, 2.45) is 23.3 Å². The van der Waals surface area contributed by atoms with Gasteiger partial charge in [-0.15, -0.1) is 0 Å². The Balaban J connectivity index is 4.83. The van der Waals surface area contributed by atoms with E-state index >= 15 is 0 Å². The van der Waals surface area contributed by atoms with Crippen LogP contribution in [-0.4, -0.2) is 47.6 Å². The normalized spacial score (nSPS) is 14.9. The Bertz CT molecular complexity index is 440. The molecule has 146 valence electrons. The van der Waals surface area contributed by atoms with Gasteiger partial charge < -0.3 is 27.2 Å². The Kier molecular flexibility index (Phi) is 11.0. The van der Waals surface area contributed by atoms with Crippen molar-refractivity contribution in [1.82, 2.24) is 10.6 Å². The third kappa shape index (κ3) is 9.40. The van der Waals surface area contributed by atoms with E-state index in [0.717, 1.165) is 12.8 Å². The lowest BCUT2D eigenvalue weighted by atomic mass is 9.99. The summed E-state index contributed by atoms with van der Waals surface area (Å²) in [5.41, 5.74) is 11.3. The van der Waals surface area contributed by atoms with E-state index in [1.54, 1.807) is 13.8 Å². The van der Waals surface area contributed by atoms with Crippen LogP contribution in [0.2, 0.25) is 0 Å². The number of unbranched alkanes of at least 4 members (excludes halogenated alkanes) is 1. The highest BCUT2D eigenvalue weighted by Crippen LogP contribution is 2.08. The van der Waals surface area contributed by atoms with Gasteiger partial charge in [0.25, 0.3) is 0 Å². The van der Waals surface area contributed by atoms with Crippen molar-refractivity contribution < 1.29 is 19.5 Å². The van der Waals surface area contributed by atoms with Crippen LogP contribution in [0.5, 0.6) is 0 Å². The molecule has 0 radical (unpaired) electrons. The Morgan fingerprint density at radius 2 is 1.60 bits per heavy atom. The molecule has 8 heteroatoms. The summed E-state index contributed by atoms with van der Waals surface area (Å²) in [6.45, 7) is 7.86. The molecule has 0 saturated carbocycles. The van der Waals surface area contributed by atoms with Crippen LogP contribution >= 0.6 is 0 Å². The fourth-order valence-corrected chi connectivity index (χ4v) is 2.39. The predicted molar refractivity (Wildman–Crippen MR) is 96.7 cm³/mol. The lowest BCUT2D eigenvalue weighted by Gasteiger charge is -2.25. The smallest absolute Gasteiger partial charge is 0.326 e. The summed E-state index contributed by atoms with van der Waals surface area (Å²) in [6.07, 6.45) is 2.32. The van der Waals surface area contributed by atoms with E-state index in [9.17, 15) is 19.5 Å². The second kappa shape index (κ2) is 11.8. The zero-order valence-electron chi connectivity index (χ0n) is 15.7. The standard InChI is InChI=1S/C17H34N4O4/c1-10(2)9-13(17(24)25)20-16(23)14(11(3)4)21-15(22)12(19)7-5-6-8-18/h10-14H,5-9,18-19H2,1-4H3,(H,20,23)(H,21,22)(H,24,25)/t12-,13-,14-/m0/s1. The third-order valence-electron chi connectivity index (χ3n) is 3.87. The average molecular weight is 358 g/mol. The molecule has 0 unspecified atom stereocenters. The molecule has 0 aliphatic rings. The molecule has 2 amide bonds. The van der Waals surface area contributed by atoms with E-state index in [1.807, 2.05) is 13.8 Å². The summed E-state index contributed by atoms with van der Waals surface area (Å²) in [5.74, 6) is -2.10. The quantitative estimate of drug-likeness (QED) is 0.315. The lowest BCUT2D eigenvalue weighted by Crippen LogP contribution is -2.56. The lowest BCUT2D eigenvalue weighted by molar-refractivity contribution is -0.143. The highest BCUT2D eigenvalue weighted by molar-refractivity contribution is 5.91. The predicted octanol–water partition coefficient (Wildman–Crippen LogP) is 0.199. The Morgan fingerprint density at radius 3 is 2.04 bits per heavy atom. The van der Waals surface area contributed by atoms with Gasteiger partial charge in [0.1, 0.15) is 12.1 Å². The molecule has 0 fully saturated rings. The minimum atomic E-state index is -1.09. The SMILES string of the molecule is CC(C)C[C@H](NC(=O)[C@@H](NC(=O)[C@@H](N)CCCCN)C(C)C)C(=O)O. The molecule has 8 nitrogen and oxygen atoms in total. The van der Waals surface area contributed by atoms with Crippen molar-refractivity contribution >= 4 is 17.8 Å². The Labute approximate surface area is 150 Å². The molecule has 7 N–H and O–H groups in total. The van der Waals surface area contributed by atoms with Crippen LogP contribution in [0.1, 0.15) is 53.4 Å². The van der Waals surface area contributed by atoms with Gasteiger partial charge in [-0.2, -0.15) is 0 Å². The molecule has 25 heavy (non-hydrogen) atoms. The number of nitrogens with one attached hydrogen (secondary N) is 2. The molecule has 0 spiro atoms. The zero-order chi connectivity index (χ0) is 19.6. The summed E-state index contributed by atoms with van der Waals surface area (Å²) < 4.78 is 0. The number of rotatable bonds is 12. The summed E-state index contributed by atoms with van der Waals surface area (Å²) in [7, 11) is 0. The van der Waals surface area contributed by atoms with Crippen LogP contribution in [0.4, 0.5) is 0 Å². The van der Waals surface area contributed by atoms with Crippen molar-refractivity contribution in [3.8, 4) is 0 Å². The molecular weight excluding hydrogens is 324 g/mol. The van der Waals surface area contributed by atoms with Crippen molar-refractivity contribution in [2.45, 2.75) is 71.5 Å². The zero-order valence-corrected chi connectivity index (χ0v) is 15.7. The number of carbonyl (C=O) groups excluding carboxylic acids is 2.